The second-order valence-electron chi connectivity index (χ2n) is 5.94. The molecule has 3 aromatic rings. The number of anilines is 1. The number of hydrogen-bond donors (Lipinski definition) is 0. The first-order valence-corrected chi connectivity index (χ1v) is 9.21. The van der Waals surface area contributed by atoms with Gasteiger partial charge in [0, 0.05) is 22.8 Å². The molecule has 2 aromatic carbocycles. The number of nitro benzene ring substituents is 1. The van der Waals surface area contributed by atoms with Crippen molar-refractivity contribution in [2.45, 2.75) is 6.67 Å². The Kier molecular flexibility index (Phi) is 4.51. The van der Waals surface area contributed by atoms with Crippen LogP contribution in [0.25, 0.3) is 6.08 Å². The van der Waals surface area contributed by atoms with E-state index in [0.29, 0.717) is 33.4 Å². The molecule has 1 aliphatic heterocycles. The van der Waals surface area contributed by atoms with Gasteiger partial charge in [-0.25, -0.2) is 4.99 Å². The van der Waals surface area contributed by atoms with Gasteiger partial charge in [0.15, 0.2) is 4.80 Å². The summed E-state index contributed by atoms with van der Waals surface area (Å²) >= 11 is 7.32. The van der Waals surface area contributed by atoms with Crippen LogP contribution in [-0.2, 0) is 6.67 Å². The lowest BCUT2D eigenvalue weighted by atomic mass is 10.2. The van der Waals surface area contributed by atoms with Gasteiger partial charge in [0.25, 0.3) is 11.2 Å². The molecule has 0 N–H and O–H groups in total. The molecule has 0 saturated heterocycles. The Labute approximate surface area is 162 Å². The molecule has 7 nitrogen and oxygen atoms in total. The zero-order valence-electron chi connectivity index (χ0n) is 13.9. The van der Waals surface area contributed by atoms with E-state index >= 15 is 0 Å². The van der Waals surface area contributed by atoms with Crippen molar-refractivity contribution in [3.05, 3.63) is 88.9 Å². The number of hydrogen-bond acceptors (Lipinski definition) is 6. The van der Waals surface area contributed by atoms with Crippen molar-refractivity contribution < 1.29 is 4.92 Å². The molecular formula is C18H13ClN4O3S. The first-order chi connectivity index (χ1) is 13.0. The maximum Gasteiger partial charge on any atom is 0.271 e. The van der Waals surface area contributed by atoms with Crippen molar-refractivity contribution in [3.63, 3.8) is 0 Å². The van der Waals surface area contributed by atoms with E-state index in [9.17, 15) is 14.9 Å². The van der Waals surface area contributed by atoms with Gasteiger partial charge in [-0.2, -0.15) is 0 Å². The van der Waals surface area contributed by atoms with Crippen LogP contribution in [0.3, 0.4) is 0 Å². The molecule has 0 bridgehead atoms. The van der Waals surface area contributed by atoms with Gasteiger partial charge in [-0.15, -0.1) is 0 Å². The Hall–Kier alpha value is -2.97. The predicted molar refractivity (Wildman–Crippen MR) is 105 cm³/mol. The summed E-state index contributed by atoms with van der Waals surface area (Å²) in [6.07, 6.45) is 1.79. The van der Waals surface area contributed by atoms with Crippen LogP contribution in [0.15, 0.2) is 58.3 Å². The summed E-state index contributed by atoms with van der Waals surface area (Å²) < 4.78 is 2.14. The fraction of sp³-hybridized carbons (Fsp3) is 0.111. The van der Waals surface area contributed by atoms with Gasteiger partial charge in [0.05, 0.1) is 9.46 Å². The highest BCUT2D eigenvalue weighted by atomic mass is 35.5. The molecule has 0 radical (unpaired) electrons. The summed E-state index contributed by atoms with van der Waals surface area (Å²) in [5, 5.41) is 11.6. The number of rotatable bonds is 3. The normalized spacial score (nSPS) is 14.0. The highest BCUT2D eigenvalue weighted by molar-refractivity contribution is 7.07. The maximum atomic E-state index is 12.8. The van der Waals surface area contributed by atoms with E-state index in [-0.39, 0.29) is 11.2 Å². The standard InChI is InChI=1S/C18H13ClN4O3S/c19-13-4-1-3-12(7-13)8-16-17(24)22-11-21(10-20-18(22)27-16)14-5-2-6-15(9-14)23(25)26/h1-9H,10-11H2/b16-8-. The molecule has 0 atom stereocenters. The van der Waals surface area contributed by atoms with Crippen LogP contribution in [-0.4, -0.2) is 16.2 Å². The molecule has 2 heterocycles. The Balaban J connectivity index is 1.70. The average Bonchev–Trinajstić information content (AvgIpc) is 2.97. The molecule has 9 heteroatoms. The van der Waals surface area contributed by atoms with Crippen LogP contribution in [0.2, 0.25) is 5.02 Å². The van der Waals surface area contributed by atoms with E-state index in [1.54, 1.807) is 34.9 Å². The number of nitrogens with zero attached hydrogens (tertiary/aromatic N) is 4. The van der Waals surface area contributed by atoms with Crippen molar-refractivity contribution in [3.8, 4) is 0 Å². The Morgan fingerprint density at radius 3 is 2.81 bits per heavy atom. The highest BCUT2D eigenvalue weighted by Crippen LogP contribution is 2.21. The third-order valence-electron chi connectivity index (χ3n) is 4.13. The van der Waals surface area contributed by atoms with E-state index < -0.39 is 4.92 Å². The molecular weight excluding hydrogens is 388 g/mol. The van der Waals surface area contributed by atoms with E-state index in [1.807, 2.05) is 17.0 Å². The third kappa shape index (κ3) is 3.49. The molecule has 0 saturated carbocycles. The van der Waals surface area contributed by atoms with Gasteiger partial charge in [-0.3, -0.25) is 19.5 Å². The maximum absolute atomic E-state index is 12.8. The van der Waals surface area contributed by atoms with Crippen LogP contribution in [0.5, 0.6) is 0 Å². The van der Waals surface area contributed by atoms with Crippen molar-refractivity contribution in [2.24, 2.45) is 4.99 Å². The van der Waals surface area contributed by atoms with E-state index in [0.717, 1.165) is 5.56 Å². The fourth-order valence-electron chi connectivity index (χ4n) is 2.83. The number of non-ortho nitro benzene ring substituents is 1. The minimum absolute atomic E-state index is 0.00550. The second kappa shape index (κ2) is 6.98. The molecule has 1 aromatic heterocycles. The average molecular weight is 401 g/mol. The van der Waals surface area contributed by atoms with Gasteiger partial charge < -0.3 is 4.90 Å². The number of benzene rings is 2. The van der Waals surface area contributed by atoms with Crippen molar-refractivity contribution in [1.82, 2.24) is 4.57 Å². The predicted octanol–water partition coefficient (Wildman–Crippen LogP) is 2.36. The van der Waals surface area contributed by atoms with E-state index in [4.69, 9.17) is 11.6 Å². The summed E-state index contributed by atoms with van der Waals surface area (Å²) in [7, 11) is 0. The van der Waals surface area contributed by atoms with Gasteiger partial charge >= 0.3 is 0 Å². The lowest BCUT2D eigenvalue weighted by Gasteiger charge is -2.25. The van der Waals surface area contributed by atoms with Gasteiger partial charge in [-0.05, 0) is 29.8 Å². The van der Waals surface area contributed by atoms with Crippen LogP contribution >= 0.6 is 22.9 Å². The van der Waals surface area contributed by atoms with Crippen LogP contribution in [0.4, 0.5) is 11.4 Å². The second-order valence-corrected chi connectivity index (χ2v) is 7.38. The van der Waals surface area contributed by atoms with Gasteiger partial charge in [0.1, 0.15) is 13.3 Å². The SMILES string of the molecule is O=c1/c(=C/c2cccc(Cl)c2)sc2n1CN(c1cccc([N+](=O)[O-])c1)CN=2. The summed E-state index contributed by atoms with van der Waals surface area (Å²) in [5.41, 5.74) is 1.35. The molecule has 1 aliphatic rings. The third-order valence-corrected chi connectivity index (χ3v) is 5.41. The Morgan fingerprint density at radius 1 is 1.22 bits per heavy atom. The Bertz CT molecular complexity index is 1220. The van der Waals surface area contributed by atoms with Crippen LogP contribution in [0.1, 0.15) is 5.56 Å². The highest BCUT2D eigenvalue weighted by Gasteiger charge is 2.17. The topological polar surface area (TPSA) is 80.7 Å². The number of nitro groups is 1. The van der Waals surface area contributed by atoms with E-state index in [1.165, 1.54) is 23.5 Å². The minimum Gasteiger partial charge on any atom is -0.333 e. The summed E-state index contributed by atoms with van der Waals surface area (Å²) in [5.74, 6) is 0. The zero-order chi connectivity index (χ0) is 19.0. The van der Waals surface area contributed by atoms with Crippen molar-refractivity contribution in [1.29, 1.82) is 0 Å². The zero-order valence-corrected chi connectivity index (χ0v) is 15.5. The lowest BCUT2D eigenvalue weighted by Crippen LogP contribution is -2.42. The smallest absolute Gasteiger partial charge is 0.271 e. The molecule has 0 spiro atoms. The number of fused-ring (bicyclic) bond motifs is 1. The Morgan fingerprint density at radius 2 is 2.04 bits per heavy atom. The quantitative estimate of drug-likeness (QED) is 0.499. The first-order valence-electron chi connectivity index (χ1n) is 8.02. The summed E-state index contributed by atoms with van der Waals surface area (Å²) in [6.45, 7) is 0.621. The molecule has 136 valence electrons. The molecule has 0 unspecified atom stereocenters. The molecule has 0 fully saturated rings. The summed E-state index contributed by atoms with van der Waals surface area (Å²) in [4.78, 5) is 30.2. The van der Waals surface area contributed by atoms with Crippen LogP contribution in [0, 0.1) is 10.1 Å². The van der Waals surface area contributed by atoms with E-state index in [2.05, 4.69) is 4.99 Å². The largest absolute Gasteiger partial charge is 0.333 e. The fourth-order valence-corrected chi connectivity index (χ4v) is 3.99. The van der Waals surface area contributed by atoms with Gasteiger partial charge in [-0.1, -0.05) is 41.1 Å². The minimum atomic E-state index is -0.440. The van der Waals surface area contributed by atoms with Gasteiger partial charge in [0.2, 0.25) is 0 Å². The molecule has 0 aliphatic carbocycles. The summed E-state index contributed by atoms with van der Waals surface area (Å²) in [6, 6.07) is 13.6. The molecule has 27 heavy (non-hydrogen) atoms. The molecule has 4 rings (SSSR count). The van der Waals surface area contributed by atoms with Crippen LogP contribution < -0.4 is 19.8 Å². The number of halogens is 1. The first kappa shape index (κ1) is 17.4. The van der Waals surface area contributed by atoms with Crippen molar-refractivity contribution in [2.75, 3.05) is 11.6 Å². The monoisotopic (exact) mass is 400 g/mol. The number of thiazole rings is 1. The van der Waals surface area contributed by atoms with Crippen molar-refractivity contribution >= 4 is 40.4 Å². The number of aromatic nitrogens is 1. The molecule has 0 amide bonds. The lowest BCUT2D eigenvalue weighted by molar-refractivity contribution is -0.384.